The zero-order valence-electron chi connectivity index (χ0n) is 12.0. The number of aryl methyl sites for hydroxylation is 1. The van der Waals surface area contributed by atoms with Crippen molar-refractivity contribution in [3.05, 3.63) is 60.1 Å². The van der Waals surface area contributed by atoms with E-state index in [4.69, 9.17) is 4.42 Å². The fourth-order valence-corrected chi connectivity index (χ4v) is 3.04. The maximum atomic E-state index is 11.9. The minimum atomic E-state index is -3.50. The minimum absolute atomic E-state index is 0.164. The molecule has 21 heavy (non-hydrogen) atoms. The molecule has 6 heteroatoms. The third-order valence-corrected chi connectivity index (χ3v) is 4.31. The maximum Gasteiger partial charge on any atom is 0.277 e. The molecule has 0 saturated carbocycles. The molecule has 0 aliphatic carbocycles. The summed E-state index contributed by atoms with van der Waals surface area (Å²) in [6, 6.07) is 13.0. The molecule has 1 aromatic carbocycles. The molecule has 2 aromatic rings. The van der Waals surface area contributed by atoms with Crippen molar-refractivity contribution in [1.82, 2.24) is 9.44 Å². The Labute approximate surface area is 125 Å². The molecule has 114 valence electrons. The van der Waals surface area contributed by atoms with Crippen molar-refractivity contribution >= 4 is 10.2 Å². The zero-order valence-corrected chi connectivity index (χ0v) is 12.8. The van der Waals surface area contributed by atoms with Gasteiger partial charge in [0.1, 0.15) is 5.76 Å². The summed E-state index contributed by atoms with van der Waals surface area (Å²) >= 11 is 0. The second-order valence-electron chi connectivity index (χ2n) is 4.95. The summed E-state index contributed by atoms with van der Waals surface area (Å²) in [5, 5.41) is 0. The lowest BCUT2D eigenvalue weighted by Crippen LogP contribution is -2.41. The van der Waals surface area contributed by atoms with E-state index in [0.29, 0.717) is 12.8 Å². The molecule has 0 saturated heterocycles. The van der Waals surface area contributed by atoms with Gasteiger partial charge in [-0.25, -0.2) is 0 Å². The van der Waals surface area contributed by atoms with Crippen LogP contribution < -0.4 is 9.44 Å². The number of hydrogen-bond donors (Lipinski definition) is 2. The number of nitrogens with one attached hydrogen (secondary N) is 2. The smallest absolute Gasteiger partial charge is 0.277 e. The van der Waals surface area contributed by atoms with Crippen molar-refractivity contribution in [3.63, 3.8) is 0 Å². The van der Waals surface area contributed by atoms with E-state index in [1.165, 1.54) is 0 Å². The van der Waals surface area contributed by atoms with Crippen LogP contribution in [-0.2, 0) is 23.2 Å². The number of rotatable bonds is 8. The van der Waals surface area contributed by atoms with Crippen molar-refractivity contribution in [2.45, 2.75) is 32.4 Å². The van der Waals surface area contributed by atoms with Crippen LogP contribution in [0.3, 0.4) is 0 Å². The summed E-state index contributed by atoms with van der Waals surface area (Å²) in [5.41, 5.74) is 0.922. The van der Waals surface area contributed by atoms with Gasteiger partial charge in [0.2, 0.25) is 0 Å². The van der Waals surface area contributed by atoms with Crippen LogP contribution in [0.15, 0.2) is 53.1 Å². The van der Waals surface area contributed by atoms with Gasteiger partial charge in [0.25, 0.3) is 10.2 Å². The molecule has 0 radical (unpaired) electrons. The highest BCUT2D eigenvalue weighted by Gasteiger charge is 2.14. The van der Waals surface area contributed by atoms with Crippen molar-refractivity contribution in [1.29, 1.82) is 0 Å². The van der Waals surface area contributed by atoms with Crippen molar-refractivity contribution in [2.24, 2.45) is 0 Å². The predicted octanol–water partition coefficient (Wildman–Crippen LogP) is 2.22. The van der Waals surface area contributed by atoms with Gasteiger partial charge in [-0.3, -0.25) is 0 Å². The zero-order chi connectivity index (χ0) is 15.1. The summed E-state index contributed by atoms with van der Waals surface area (Å²) in [4.78, 5) is 0. The number of furan rings is 1. The van der Waals surface area contributed by atoms with Crippen LogP contribution >= 0.6 is 0 Å². The van der Waals surface area contributed by atoms with Crippen LogP contribution in [0.4, 0.5) is 0 Å². The summed E-state index contributed by atoms with van der Waals surface area (Å²) in [5.74, 6) is 0.860. The minimum Gasteiger partial charge on any atom is -0.469 e. The molecule has 0 aliphatic rings. The van der Waals surface area contributed by atoms with E-state index < -0.39 is 10.2 Å². The molecule has 5 nitrogen and oxygen atoms in total. The lowest BCUT2D eigenvalue weighted by Gasteiger charge is -2.14. The van der Waals surface area contributed by atoms with Crippen molar-refractivity contribution < 1.29 is 12.8 Å². The van der Waals surface area contributed by atoms with Gasteiger partial charge in [-0.2, -0.15) is 17.9 Å². The molecule has 1 atom stereocenters. The molecule has 0 bridgehead atoms. The monoisotopic (exact) mass is 308 g/mol. The lowest BCUT2D eigenvalue weighted by molar-refractivity contribution is 0.478. The topological polar surface area (TPSA) is 71.3 Å². The van der Waals surface area contributed by atoms with E-state index in [0.717, 1.165) is 11.3 Å². The molecule has 0 fully saturated rings. The Balaban J connectivity index is 1.77. The van der Waals surface area contributed by atoms with Gasteiger partial charge in [-0.15, -0.1) is 0 Å². The first-order chi connectivity index (χ1) is 10.1. The first kappa shape index (κ1) is 15.8. The van der Waals surface area contributed by atoms with Gasteiger partial charge in [0.05, 0.1) is 6.26 Å². The average molecular weight is 308 g/mol. The third kappa shape index (κ3) is 5.71. The first-order valence-corrected chi connectivity index (χ1v) is 8.37. The van der Waals surface area contributed by atoms with Crippen molar-refractivity contribution in [2.75, 3.05) is 0 Å². The highest BCUT2D eigenvalue weighted by Crippen LogP contribution is 2.06. The quantitative estimate of drug-likeness (QED) is 0.785. The van der Waals surface area contributed by atoms with E-state index in [1.807, 2.05) is 49.4 Å². The molecule has 1 heterocycles. The van der Waals surface area contributed by atoms with Gasteiger partial charge in [-0.05, 0) is 31.0 Å². The Morgan fingerprint density at radius 3 is 2.57 bits per heavy atom. The molecular formula is C15H20N2O3S. The van der Waals surface area contributed by atoms with E-state index in [2.05, 4.69) is 9.44 Å². The fraction of sp³-hybridized carbons (Fsp3) is 0.333. The second-order valence-corrected chi connectivity index (χ2v) is 6.48. The highest BCUT2D eigenvalue weighted by atomic mass is 32.2. The van der Waals surface area contributed by atoms with Crippen LogP contribution in [0.1, 0.15) is 24.7 Å². The maximum absolute atomic E-state index is 11.9. The van der Waals surface area contributed by atoms with E-state index in [1.54, 1.807) is 6.26 Å². The number of benzene rings is 1. The Kier molecular flexibility index (Phi) is 5.55. The Bertz CT molecular complexity index is 624. The Hall–Kier alpha value is -1.63. The largest absolute Gasteiger partial charge is 0.469 e. The van der Waals surface area contributed by atoms with Crippen LogP contribution in [0.5, 0.6) is 0 Å². The molecule has 2 N–H and O–H groups in total. The van der Waals surface area contributed by atoms with Crippen LogP contribution in [0.25, 0.3) is 0 Å². The predicted molar refractivity (Wildman–Crippen MR) is 81.8 cm³/mol. The molecule has 1 aromatic heterocycles. The van der Waals surface area contributed by atoms with Crippen LogP contribution in [-0.4, -0.2) is 14.5 Å². The van der Waals surface area contributed by atoms with Gasteiger partial charge in [0.15, 0.2) is 0 Å². The molecular weight excluding hydrogens is 288 g/mol. The lowest BCUT2D eigenvalue weighted by atomic mass is 10.2. The van der Waals surface area contributed by atoms with Gasteiger partial charge in [0, 0.05) is 19.0 Å². The van der Waals surface area contributed by atoms with E-state index in [9.17, 15) is 8.42 Å². The molecule has 0 spiro atoms. The molecule has 0 amide bonds. The summed E-state index contributed by atoms with van der Waals surface area (Å²) in [6.45, 7) is 2.12. The molecule has 0 unspecified atom stereocenters. The third-order valence-electron chi connectivity index (χ3n) is 3.07. The van der Waals surface area contributed by atoms with Gasteiger partial charge >= 0.3 is 0 Å². The molecule has 0 aliphatic heterocycles. The second kappa shape index (κ2) is 7.40. The standard InChI is InChI=1S/C15H20N2O3S/c1-13(9-10-15-8-5-11-20-15)17-21(18,19)16-12-14-6-3-2-4-7-14/h2-8,11,13,16-17H,9-10,12H2,1H3/t13-/m1/s1. The molecule has 2 rings (SSSR count). The Morgan fingerprint density at radius 2 is 1.90 bits per heavy atom. The van der Waals surface area contributed by atoms with Crippen LogP contribution in [0, 0.1) is 0 Å². The van der Waals surface area contributed by atoms with Crippen molar-refractivity contribution in [3.8, 4) is 0 Å². The van der Waals surface area contributed by atoms with E-state index >= 15 is 0 Å². The summed E-state index contributed by atoms with van der Waals surface area (Å²) in [6.07, 6.45) is 3.00. The van der Waals surface area contributed by atoms with Crippen LogP contribution in [0.2, 0.25) is 0 Å². The average Bonchev–Trinajstić information content (AvgIpc) is 2.97. The first-order valence-electron chi connectivity index (χ1n) is 6.88. The SMILES string of the molecule is C[C@H](CCc1ccco1)NS(=O)(=O)NCc1ccccc1. The normalized spacial score (nSPS) is 13.2. The fourth-order valence-electron chi connectivity index (χ4n) is 1.95. The highest BCUT2D eigenvalue weighted by molar-refractivity contribution is 7.87. The Morgan fingerprint density at radius 1 is 1.14 bits per heavy atom. The van der Waals surface area contributed by atoms with E-state index in [-0.39, 0.29) is 12.6 Å². The summed E-state index contributed by atoms with van der Waals surface area (Å²) in [7, 11) is -3.50. The van der Waals surface area contributed by atoms with Gasteiger partial charge in [-0.1, -0.05) is 30.3 Å². The number of hydrogen-bond acceptors (Lipinski definition) is 3. The van der Waals surface area contributed by atoms with Gasteiger partial charge < -0.3 is 4.42 Å². The summed E-state index contributed by atoms with van der Waals surface area (Å²) < 4.78 is 34.2.